The van der Waals surface area contributed by atoms with Gasteiger partial charge in [0.15, 0.2) is 0 Å². The average molecular weight is 328 g/mol. The zero-order valence-corrected chi connectivity index (χ0v) is 13.1. The number of aliphatic carboxylic acids is 2. The third-order valence-electron chi connectivity index (χ3n) is 2.07. The first kappa shape index (κ1) is 23.7. The normalized spacial score (nSPS) is 11.9. The summed E-state index contributed by atoms with van der Waals surface area (Å²) in [7, 11) is 0. The van der Waals surface area contributed by atoms with E-state index in [1.807, 2.05) is 0 Å². The summed E-state index contributed by atoms with van der Waals surface area (Å²) < 4.78 is 0. The molecule has 0 rings (SSSR count). The third-order valence-corrected chi connectivity index (χ3v) is 2.07. The topological polar surface area (TPSA) is 133 Å². The maximum Gasteiger partial charge on any atom is 0.325 e. The summed E-state index contributed by atoms with van der Waals surface area (Å²) >= 11 is 0. The first-order valence-corrected chi connectivity index (χ1v) is 5.26. The number of carbonyl (C=O) groups excluding carboxylic acids is 2. The van der Waals surface area contributed by atoms with Crippen molar-refractivity contribution >= 4 is 50.7 Å². The summed E-state index contributed by atoms with van der Waals surface area (Å²) in [6.07, 6.45) is -0.410. The molecule has 0 bridgehead atoms. The monoisotopic (exact) mass is 328 g/mol. The SMILES string of the molecule is CC(=O)N[C@@H](CCC(=O)O)C(=O)N[C@@H](C)C(=O)O.S.S. The van der Waals surface area contributed by atoms with E-state index in [4.69, 9.17) is 10.2 Å². The molecule has 0 aliphatic carbocycles. The number of carboxylic acid groups (broad SMARTS) is 2. The Labute approximate surface area is 130 Å². The summed E-state index contributed by atoms with van der Waals surface area (Å²) in [4.78, 5) is 43.4. The van der Waals surface area contributed by atoms with Crippen molar-refractivity contribution in [3.63, 3.8) is 0 Å². The van der Waals surface area contributed by atoms with Crippen molar-refractivity contribution in [3.8, 4) is 0 Å². The third kappa shape index (κ3) is 10.5. The van der Waals surface area contributed by atoms with Crippen LogP contribution in [0.2, 0.25) is 0 Å². The van der Waals surface area contributed by atoms with Crippen LogP contribution in [0.15, 0.2) is 0 Å². The summed E-state index contributed by atoms with van der Waals surface area (Å²) in [5, 5.41) is 21.6. The Morgan fingerprint density at radius 3 is 1.90 bits per heavy atom. The van der Waals surface area contributed by atoms with E-state index in [0.717, 1.165) is 0 Å². The van der Waals surface area contributed by atoms with Gasteiger partial charge in [-0.1, -0.05) is 0 Å². The quantitative estimate of drug-likeness (QED) is 0.482. The van der Waals surface area contributed by atoms with E-state index in [9.17, 15) is 19.2 Å². The van der Waals surface area contributed by atoms with E-state index in [-0.39, 0.29) is 39.8 Å². The summed E-state index contributed by atoms with van der Waals surface area (Å²) in [6.45, 7) is 2.45. The Balaban J connectivity index is -0.00000144. The number of nitrogens with one attached hydrogen (secondary N) is 2. The molecule has 0 spiro atoms. The largest absolute Gasteiger partial charge is 0.481 e. The van der Waals surface area contributed by atoms with Crippen molar-refractivity contribution in [3.05, 3.63) is 0 Å². The first-order chi connectivity index (χ1) is 8.23. The van der Waals surface area contributed by atoms with E-state index in [1.54, 1.807) is 0 Å². The van der Waals surface area contributed by atoms with Gasteiger partial charge in [-0.05, 0) is 13.3 Å². The van der Waals surface area contributed by atoms with Crippen LogP contribution in [0.1, 0.15) is 26.7 Å². The highest BCUT2D eigenvalue weighted by Gasteiger charge is 2.23. The molecule has 10 heteroatoms. The molecule has 118 valence electrons. The zero-order chi connectivity index (χ0) is 14.3. The van der Waals surface area contributed by atoms with Crippen LogP contribution >= 0.6 is 27.0 Å². The van der Waals surface area contributed by atoms with Crippen molar-refractivity contribution in [2.24, 2.45) is 0 Å². The zero-order valence-electron chi connectivity index (χ0n) is 11.1. The van der Waals surface area contributed by atoms with E-state index < -0.39 is 35.8 Å². The molecule has 0 saturated carbocycles. The van der Waals surface area contributed by atoms with Crippen LogP contribution in [0.5, 0.6) is 0 Å². The van der Waals surface area contributed by atoms with Gasteiger partial charge in [-0.2, -0.15) is 27.0 Å². The van der Waals surface area contributed by atoms with Crippen LogP contribution < -0.4 is 10.6 Å². The second-order valence-corrected chi connectivity index (χ2v) is 3.75. The van der Waals surface area contributed by atoms with Crippen LogP contribution in [-0.4, -0.2) is 46.0 Å². The number of carboxylic acids is 2. The Kier molecular flexibility index (Phi) is 13.5. The highest BCUT2D eigenvalue weighted by molar-refractivity contribution is 7.59. The van der Waals surface area contributed by atoms with Gasteiger partial charge in [-0.15, -0.1) is 0 Å². The highest BCUT2D eigenvalue weighted by atomic mass is 32.1. The van der Waals surface area contributed by atoms with E-state index in [0.29, 0.717) is 0 Å². The molecule has 2 amide bonds. The lowest BCUT2D eigenvalue weighted by Gasteiger charge is -2.18. The molecule has 0 aromatic rings. The van der Waals surface area contributed by atoms with Crippen LogP contribution in [0, 0.1) is 0 Å². The summed E-state index contributed by atoms with van der Waals surface area (Å²) in [5.74, 6) is -3.54. The number of carbonyl (C=O) groups is 4. The number of hydrogen-bond acceptors (Lipinski definition) is 4. The molecule has 20 heavy (non-hydrogen) atoms. The standard InChI is InChI=1S/C10H16N2O6.2H2S/c1-5(10(17)18)11-9(16)7(12-6(2)13)3-4-8(14)15;;/h5,7H,3-4H2,1-2H3,(H,11,16)(H,12,13)(H,14,15)(H,17,18);2*1H2/t5-,7-;;/m0../s1. The van der Waals surface area contributed by atoms with Crippen molar-refractivity contribution in [1.29, 1.82) is 0 Å². The molecule has 0 fully saturated rings. The van der Waals surface area contributed by atoms with Crippen LogP contribution in [0.3, 0.4) is 0 Å². The van der Waals surface area contributed by atoms with Gasteiger partial charge in [0.25, 0.3) is 0 Å². The molecular weight excluding hydrogens is 308 g/mol. The van der Waals surface area contributed by atoms with Gasteiger partial charge >= 0.3 is 11.9 Å². The first-order valence-electron chi connectivity index (χ1n) is 5.26. The molecule has 8 nitrogen and oxygen atoms in total. The number of hydrogen-bond donors (Lipinski definition) is 4. The fourth-order valence-electron chi connectivity index (χ4n) is 1.16. The summed E-state index contributed by atoms with van der Waals surface area (Å²) in [6, 6.07) is -2.17. The van der Waals surface area contributed by atoms with Gasteiger partial charge < -0.3 is 20.8 Å². The van der Waals surface area contributed by atoms with Gasteiger partial charge in [0.05, 0.1) is 0 Å². The van der Waals surface area contributed by atoms with Gasteiger partial charge in [0, 0.05) is 13.3 Å². The molecule has 4 N–H and O–H groups in total. The van der Waals surface area contributed by atoms with Crippen molar-refractivity contribution in [2.75, 3.05) is 0 Å². The van der Waals surface area contributed by atoms with Crippen LogP contribution in [0.4, 0.5) is 0 Å². The maximum atomic E-state index is 11.6. The Morgan fingerprint density at radius 1 is 1.05 bits per heavy atom. The van der Waals surface area contributed by atoms with Crippen LogP contribution in [0.25, 0.3) is 0 Å². The molecule has 0 unspecified atom stereocenters. The molecule has 0 aliphatic heterocycles. The smallest absolute Gasteiger partial charge is 0.325 e. The minimum absolute atomic E-state index is 0. The second kappa shape index (κ2) is 11.4. The molecule has 0 heterocycles. The fourth-order valence-corrected chi connectivity index (χ4v) is 1.16. The van der Waals surface area contributed by atoms with Crippen LogP contribution in [-0.2, 0) is 19.2 Å². The van der Waals surface area contributed by atoms with Crippen molar-refractivity contribution in [2.45, 2.75) is 38.8 Å². The van der Waals surface area contributed by atoms with Gasteiger partial charge in [0.2, 0.25) is 11.8 Å². The molecule has 0 aromatic carbocycles. The van der Waals surface area contributed by atoms with Gasteiger partial charge in [-0.3, -0.25) is 19.2 Å². The molecule has 0 radical (unpaired) electrons. The predicted molar refractivity (Wildman–Crippen MR) is 80.5 cm³/mol. The molecule has 0 aromatic heterocycles. The average Bonchev–Trinajstić information content (AvgIpc) is 2.22. The predicted octanol–water partition coefficient (Wildman–Crippen LogP) is -0.829. The maximum absolute atomic E-state index is 11.6. The molecule has 0 aliphatic rings. The van der Waals surface area contributed by atoms with Gasteiger partial charge in [0.1, 0.15) is 12.1 Å². The Bertz CT molecular complexity index is 364. The lowest BCUT2D eigenvalue weighted by atomic mass is 10.1. The lowest BCUT2D eigenvalue weighted by molar-refractivity contribution is -0.142. The van der Waals surface area contributed by atoms with E-state index >= 15 is 0 Å². The van der Waals surface area contributed by atoms with Crippen molar-refractivity contribution in [1.82, 2.24) is 10.6 Å². The Hall–Kier alpha value is -1.42. The molecule has 0 saturated heterocycles. The second-order valence-electron chi connectivity index (χ2n) is 3.75. The van der Waals surface area contributed by atoms with Gasteiger partial charge in [-0.25, -0.2) is 0 Å². The van der Waals surface area contributed by atoms with E-state index in [1.165, 1.54) is 13.8 Å². The number of amides is 2. The minimum Gasteiger partial charge on any atom is -0.481 e. The molecule has 2 atom stereocenters. The molecular formula is C10H20N2O6S2. The highest BCUT2D eigenvalue weighted by Crippen LogP contribution is 1.99. The fraction of sp³-hybridized carbons (Fsp3) is 0.600. The summed E-state index contributed by atoms with van der Waals surface area (Å²) in [5.41, 5.74) is 0. The van der Waals surface area contributed by atoms with E-state index in [2.05, 4.69) is 10.6 Å². The Morgan fingerprint density at radius 2 is 1.55 bits per heavy atom. The number of rotatable bonds is 7. The minimum atomic E-state index is -1.22. The lowest BCUT2D eigenvalue weighted by Crippen LogP contribution is -2.50. The van der Waals surface area contributed by atoms with Crippen molar-refractivity contribution < 1.29 is 29.4 Å².